The van der Waals surface area contributed by atoms with E-state index in [2.05, 4.69) is 6.58 Å². The molecule has 0 aliphatic heterocycles. The van der Waals surface area contributed by atoms with Gasteiger partial charge in [-0.25, -0.2) is 0 Å². The number of hydrogen-bond donors (Lipinski definition) is 3. The van der Waals surface area contributed by atoms with Gasteiger partial charge in [0.15, 0.2) is 0 Å². The first-order valence-corrected chi connectivity index (χ1v) is 3.26. The number of hydrogen-bond acceptors (Lipinski definition) is 3. The monoisotopic (exact) mass is 160 g/mol. The summed E-state index contributed by atoms with van der Waals surface area (Å²) in [6, 6.07) is 0. The fourth-order valence-corrected chi connectivity index (χ4v) is 0.643. The van der Waals surface area contributed by atoms with E-state index in [0.717, 1.165) is 0 Å². The summed E-state index contributed by atoms with van der Waals surface area (Å²) < 4.78 is 0. The van der Waals surface area contributed by atoms with Crippen LogP contribution in [0.5, 0.6) is 0 Å². The summed E-state index contributed by atoms with van der Waals surface area (Å²) in [6.45, 7) is 3.34. The smallest absolute Gasteiger partial charge is 0.306 e. The third-order valence-corrected chi connectivity index (χ3v) is 1.24. The Kier molecular flexibility index (Phi) is 4.49. The topological polar surface area (TPSA) is 77.8 Å². The molecular weight excluding hydrogens is 148 g/mol. The maximum absolute atomic E-state index is 10.0. The van der Waals surface area contributed by atoms with Gasteiger partial charge in [0.2, 0.25) is 0 Å². The molecule has 0 radical (unpaired) electrons. The van der Waals surface area contributed by atoms with Crippen LogP contribution in [0.4, 0.5) is 0 Å². The van der Waals surface area contributed by atoms with Gasteiger partial charge in [0.05, 0.1) is 18.6 Å². The average molecular weight is 160 g/mol. The van der Waals surface area contributed by atoms with E-state index in [1.807, 2.05) is 0 Å². The Hall–Kier alpha value is -0.870. The molecule has 0 heterocycles. The second-order valence-electron chi connectivity index (χ2n) is 2.26. The van der Waals surface area contributed by atoms with Crippen molar-refractivity contribution in [3.63, 3.8) is 0 Å². The zero-order valence-electron chi connectivity index (χ0n) is 6.10. The first-order valence-electron chi connectivity index (χ1n) is 3.26. The molecule has 11 heavy (non-hydrogen) atoms. The molecule has 0 fully saturated rings. The van der Waals surface area contributed by atoms with Gasteiger partial charge >= 0.3 is 5.97 Å². The number of rotatable bonds is 5. The lowest BCUT2D eigenvalue weighted by Crippen LogP contribution is -2.27. The minimum absolute atomic E-state index is 0.203. The highest BCUT2D eigenvalue weighted by Gasteiger charge is 2.17. The average Bonchev–Trinajstić information content (AvgIpc) is 1.86. The molecule has 2 unspecified atom stereocenters. The standard InChI is InChI=1S/C7H12O4/c1-2-3-5(8)6(9)4-7(10)11/h2,5-6,8-9H,1,3-4H2,(H,10,11). The summed E-state index contributed by atoms with van der Waals surface area (Å²) >= 11 is 0. The van der Waals surface area contributed by atoms with Crippen molar-refractivity contribution in [1.82, 2.24) is 0 Å². The van der Waals surface area contributed by atoms with E-state index in [0.29, 0.717) is 0 Å². The van der Waals surface area contributed by atoms with Gasteiger partial charge in [-0.1, -0.05) is 6.08 Å². The second-order valence-corrected chi connectivity index (χ2v) is 2.26. The van der Waals surface area contributed by atoms with Crippen LogP contribution in [0.15, 0.2) is 12.7 Å². The fourth-order valence-electron chi connectivity index (χ4n) is 0.643. The molecule has 0 bridgehead atoms. The lowest BCUT2D eigenvalue weighted by molar-refractivity contribution is -0.141. The summed E-state index contributed by atoms with van der Waals surface area (Å²) in [5, 5.41) is 26.1. The van der Waals surface area contributed by atoms with Crippen LogP contribution in [0.25, 0.3) is 0 Å². The van der Waals surface area contributed by atoms with E-state index in [4.69, 9.17) is 15.3 Å². The zero-order valence-corrected chi connectivity index (χ0v) is 6.10. The first kappa shape index (κ1) is 10.1. The van der Waals surface area contributed by atoms with E-state index in [1.165, 1.54) is 6.08 Å². The van der Waals surface area contributed by atoms with Gasteiger partial charge in [-0.2, -0.15) is 0 Å². The van der Waals surface area contributed by atoms with Gasteiger partial charge in [0, 0.05) is 0 Å². The molecule has 4 nitrogen and oxygen atoms in total. The molecule has 0 rings (SSSR count). The number of aliphatic hydroxyl groups excluding tert-OH is 2. The number of aliphatic hydroxyl groups is 2. The number of carboxylic acid groups (broad SMARTS) is 1. The minimum Gasteiger partial charge on any atom is -0.481 e. The van der Waals surface area contributed by atoms with Crippen LogP contribution in [-0.2, 0) is 4.79 Å². The van der Waals surface area contributed by atoms with Crippen molar-refractivity contribution >= 4 is 5.97 Å². The maximum atomic E-state index is 10.0. The zero-order chi connectivity index (χ0) is 8.85. The Balaban J connectivity index is 3.71. The van der Waals surface area contributed by atoms with Gasteiger partial charge in [-0.3, -0.25) is 4.79 Å². The van der Waals surface area contributed by atoms with Crippen molar-refractivity contribution in [3.8, 4) is 0 Å². The van der Waals surface area contributed by atoms with Gasteiger partial charge in [-0.15, -0.1) is 6.58 Å². The predicted molar refractivity (Wildman–Crippen MR) is 39.1 cm³/mol. The summed E-state index contributed by atoms with van der Waals surface area (Å²) in [4.78, 5) is 10.0. The SMILES string of the molecule is C=CCC(O)C(O)CC(=O)O. The summed E-state index contributed by atoms with van der Waals surface area (Å²) in [6.07, 6.45) is -1.03. The van der Waals surface area contributed by atoms with Crippen LogP contribution in [0, 0.1) is 0 Å². The van der Waals surface area contributed by atoms with E-state index in [-0.39, 0.29) is 6.42 Å². The van der Waals surface area contributed by atoms with E-state index in [1.54, 1.807) is 0 Å². The molecule has 3 N–H and O–H groups in total. The number of aliphatic carboxylic acids is 1. The number of carbonyl (C=O) groups is 1. The Labute approximate surface area is 64.8 Å². The fraction of sp³-hybridized carbons (Fsp3) is 0.571. The van der Waals surface area contributed by atoms with E-state index >= 15 is 0 Å². The predicted octanol–water partition coefficient (Wildman–Crippen LogP) is -0.241. The maximum Gasteiger partial charge on any atom is 0.306 e. The van der Waals surface area contributed by atoms with Crippen molar-refractivity contribution in [2.45, 2.75) is 25.0 Å². The molecule has 2 atom stereocenters. The van der Waals surface area contributed by atoms with Crippen molar-refractivity contribution in [1.29, 1.82) is 0 Å². The summed E-state index contributed by atoms with van der Waals surface area (Å²) in [5.41, 5.74) is 0. The van der Waals surface area contributed by atoms with Crippen molar-refractivity contribution < 1.29 is 20.1 Å². The third-order valence-electron chi connectivity index (χ3n) is 1.24. The molecule has 4 heteroatoms. The molecule has 0 aromatic heterocycles. The normalized spacial score (nSPS) is 15.5. The molecule has 0 saturated heterocycles. The Morgan fingerprint density at radius 1 is 1.45 bits per heavy atom. The molecule has 0 aliphatic carbocycles. The van der Waals surface area contributed by atoms with Crippen LogP contribution in [0.1, 0.15) is 12.8 Å². The quantitative estimate of drug-likeness (QED) is 0.485. The van der Waals surface area contributed by atoms with E-state index < -0.39 is 24.6 Å². The Morgan fingerprint density at radius 2 is 2.00 bits per heavy atom. The van der Waals surface area contributed by atoms with Gasteiger partial charge in [0.25, 0.3) is 0 Å². The molecule has 0 aliphatic rings. The molecule has 64 valence electrons. The molecular formula is C7H12O4. The van der Waals surface area contributed by atoms with Gasteiger partial charge in [-0.05, 0) is 6.42 Å². The Morgan fingerprint density at radius 3 is 2.36 bits per heavy atom. The third kappa shape index (κ3) is 4.52. The Bertz CT molecular complexity index is 143. The molecule has 0 saturated carbocycles. The van der Waals surface area contributed by atoms with Crippen LogP contribution < -0.4 is 0 Å². The van der Waals surface area contributed by atoms with Crippen LogP contribution in [0.2, 0.25) is 0 Å². The second kappa shape index (κ2) is 4.87. The van der Waals surface area contributed by atoms with Crippen molar-refractivity contribution in [2.75, 3.05) is 0 Å². The number of carboxylic acids is 1. The van der Waals surface area contributed by atoms with Crippen molar-refractivity contribution in [2.24, 2.45) is 0 Å². The molecule has 0 amide bonds. The molecule has 0 spiro atoms. The first-order chi connectivity index (χ1) is 5.07. The van der Waals surface area contributed by atoms with Gasteiger partial charge in [0.1, 0.15) is 0 Å². The van der Waals surface area contributed by atoms with Gasteiger partial charge < -0.3 is 15.3 Å². The lowest BCUT2D eigenvalue weighted by Gasteiger charge is -2.13. The molecule has 0 aromatic rings. The lowest BCUT2D eigenvalue weighted by atomic mass is 10.1. The minimum atomic E-state index is -1.20. The van der Waals surface area contributed by atoms with Crippen LogP contribution >= 0.6 is 0 Å². The highest BCUT2D eigenvalue weighted by molar-refractivity contribution is 5.67. The highest BCUT2D eigenvalue weighted by Crippen LogP contribution is 2.03. The summed E-state index contributed by atoms with van der Waals surface area (Å²) in [7, 11) is 0. The van der Waals surface area contributed by atoms with Crippen LogP contribution in [0.3, 0.4) is 0 Å². The summed E-state index contributed by atoms with van der Waals surface area (Å²) in [5.74, 6) is -1.12. The van der Waals surface area contributed by atoms with Crippen molar-refractivity contribution in [3.05, 3.63) is 12.7 Å². The van der Waals surface area contributed by atoms with Crippen LogP contribution in [-0.4, -0.2) is 33.5 Å². The molecule has 0 aromatic carbocycles. The largest absolute Gasteiger partial charge is 0.481 e. The highest BCUT2D eigenvalue weighted by atomic mass is 16.4. The van der Waals surface area contributed by atoms with E-state index in [9.17, 15) is 4.79 Å².